The molecule has 0 aliphatic carbocycles. The van der Waals surface area contributed by atoms with Crippen LogP contribution in [0.15, 0.2) is 43.4 Å². The monoisotopic (exact) mass is 462 g/mol. The Kier molecular flexibility index (Phi) is 8.18. The summed E-state index contributed by atoms with van der Waals surface area (Å²) < 4.78 is 16.3. The fourth-order valence-corrected chi connectivity index (χ4v) is 3.25. The van der Waals surface area contributed by atoms with Crippen molar-refractivity contribution in [3.05, 3.63) is 34.4 Å². The van der Waals surface area contributed by atoms with Crippen LogP contribution >= 0.6 is 27.7 Å². The van der Waals surface area contributed by atoms with E-state index in [9.17, 15) is 14.2 Å². The van der Waals surface area contributed by atoms with Gasteiger partial charge in [0.1, 0.15) is 5.75 Å². The smallest absolute Gasteiger partial charge is 0.234 e. The Labute approximate surface area is 163 Å². The molecule has 1 aromatic heterocycles. The number of hydroxylamine groups is 1. The number of amidine groups is 1. The van der Waals surface area contributed by atoms with Gasteiger partial charge in [-0.25, -0.2) is 13.8 Å². The molecule has 0 bridgehead atoms. The summed E-state index contributed by atoms with van der Waals surface area (Å²) in [6, 6.07) is 7.15. The van der Waals surface area contributed by atoms with Gasteiger partial charge in [-0.15, -0.1) is 0 Å². The van der Waals surface area contributed by atoms with E-state index in [1.165, 1.54) is 11.8 Å². The molecule has 13 heteroatoms. The summed E-state index contributed by atoms with van der Waals surface area (Å²) in [5.41, 5.74) is 2.79. The predicted molar refractivity (Wildman–Crippen MR) is 100 cm³/mol. The lowest BCUT2D eigenvalue weighted by atomic mass is 10.3. The highest BCUT2D eigenvalue weighted by molar-refractivity contribution is 9.10. The molecule has 1 atom stereocenters. The summed E-state index contributed by atoms with van der Waals surface area (Å²) in [5.74, 6) is -0.146. The molecule has 0 saturated carbocycles. The van der Waals surface area contributed by atoms with Crippen LogP contribution in [0.4, 0.5) is 5.69 Å². The number of rotatable bonds is 8. The first-order valence-corrected chi connectivity index (χ1v) is 10.2. The van der Waals surface area contributed by atoms with E-state index in [2.05, 4.69) is 36.6 Å². The molecule has 0 saturated heterocycles. The summed E-state index contributed by atoms with van der Waals surface area (Å²) in [5, 5.41) is 24.9. The molecular formula is C13H15BrN6O4S2. The average molecular weight is 463 g/mol. The van der Waals surface area contributed by atoms with Crippen LogP contribution in [0.1, 0.15) is 5.69 Å². The van der Waals surface area contributed by atoms with Crippen LogP contribution in [0.25, 0.3) is 0 Å². The lowest BCUT2D eigenvalue weighted by molar-refractivity contribution is -0.118. The number of amides is 1. The number of carbonyl (C=O) groups excluding carboxylic acids is 1. The van der Waals surface area contributed by atoms with Gasteiger partial charge in [-0.3, -0.25) is 20.6 Å². The van der Waals surface area contributed by atoms with Crippen LogP contribution < -0.4 is 15.9 Å². The molecule has 0 spiro atoms. The number of halogens is 1. The van der Waals surface area contributed by atoms with Gasteiger partial charge in [-0.2, -0.15) is 0 Å². The van der Waals surface area contributed by atoms with Crippen LogP contribution in [-0.2, 0) is 15.8 Å². The maximum atomic E-state index is 11.4. The number of nitrogens with one attached hydrogen (secondary N) is 2. The van der Waals surface area contributed by atoms with E-state index >= 15 is 0 Å². The maximum absolute atomic E-state index is 11.4. The van der Waals surface area contributed by atoms with Crippen molar-refractivity contribution in [1.82, 2.24) is 21.1 Å². The Morgan fingerprint density at radius 2 is 2.27 bits per heavy atom. The van der Waals surface area contributed by atoms with Crippen LogP contribution in [-0.4, -0.2) is 49.5 Å². The molecular weight excluding hydrogens is 448 g/mol. The predicted octanol–water partition coefficient (Wildman–Crippen LogP) is 0.720. The van der Waals surface area contributed by atoms with Gasteiger partial charge in [-0.1, -0.05) is 33.8 Å². The minimum Gasteiger partial charge on any atom is -0.354 e. The summed E-state index contributed by atoms with van der Waals surface area (Å²) in [6.45, 7) is 0.303. The van der Waals surface area contributed by atoms with Gasteiger partial charge in [0.25, 0.3) is 0 Å². The first-order chi connectivity index (χ1) is 12.5. The number of benzene rings is 1. The molecule has 10 nitrogen and oxygen atoms in total. The van der Waals surface area contributed by atoms with E-state index in [0.29, 0.717) is 23.0 Å². The van der Waals surface area contributed by atoms with Crippen molar-refractivity contribution in [3.63, 3.8) is 0 Å². The molecule has 1 unspecified atom stereocenters. The first kappa shape index (κ1) is 20.5. The van der Waals surface area contributed by atoms with Crippen molar-refractivity contribution < 1.29 is 18.8 Å². The summed E-state index contributed by atoms with van der Waals surface area (Å²) >= 11 is 4.58. The van der Waals surface area contributed by atoms with Crippen LogP contribution in [0, 0.1) is 0 Å². The summed E-state index contributed by atoms with van der Waals surface area (Å²) in [6.07, 6.45) is 0. The highest BCUT2D eigenvalue weighted by Gasteiger charge is 2.17. The topological polar surface area (TPSA) is 156 Å². The van der Waals surface area contributed by atoms with Crippen molar-refractivity contribution in [1.29, 1.82) is 0 Å². The van der Waals surface area contributed by atoms with Crippen molar-refractivity contribution in [3.8, 4) is 0 Å². The molecule has 1 amide bonds. The second kappa shape index (κ2) is 10.4. The first-order valence-electron chi connectivity index (χ1n) is 7.09. The number of hydrogen-bond donors (Lipinski definition) is 4. The van der Waals surface area contributed by atoms with Crippen molar-refractivity contribution in [2.45, 2.75) is 5.03 Å². The van der Waals surface area contributed by atoms with Gasteiger partial charge < -0.3 is 5.32 Å². The zero-order valence-electron chi connectivity index (χ0n) is 13.2. The molecule has 140 valence electrons. The zero-order valence-corrected chi connectivity index (χ0v) is 16.4. The number of aromatic nitrogens is 2. The SMILES string of the molecule is NS(=O)CC(=O)NCCSc1nonc1C(=Nc1cccc(Br)c1)NO. The van der Waals surface area contributed by atoms with Gasteiger partial charge in [0, 0.05) is 16.8 Å². The van der Waals surface area contributed by atoms with E-state index in [4.69, 9.17) is 9.77 Å². The number of carbonyl (C=O) groups is 1. The lowest BCUT2D eigenvalue weighted by Gasteiger charge is -2.04. The molecule has 1 heterocycles. The number of nitrogens with zero attached hydrogens (tertiary/aromatic N) is 3. The van der Waals surface area contributed by atoms with Gasteiger partial charge in [0.15, 0.2) is 16.6 Å². The number of nitrogens with two attached hydrogens (primary N) is 1. The van der Waals surface area contributed by atoms with Gasteiger partial charge in [0.2, 0.25) is 5.91 Å². The Morgan fingerprint density at radius 1 is 1.46 bits per heavy atom. The van der Waals surface area contributed by atoms with Crippen molar-refractivity contribution in [2.75, 3.05) is 18.1 Å². The second-order valence-electron chi connectivity index (χ2n) is 4.69. The number of hydrogen-bond acceptors (Lipinski definition) is 8. The highest BCUT2D eigenvalue weighted by Crippen LogP contribution is 2.22. The van der Waals surface area contributed by atoms with E-state index in [1.807, 2.05) is 11.5 Å². The minimum absolute atomic E-state index is 0.0643. The molecule has 0 aliphatic heterocycles. The molecule has 0 radical (unpaired) electrons. The third-order valence-corrected chi connectivity index (χ3v) is 4.76. The average Bonchev–Trinajstić information content (AvgIpc) is 3.04. The van der Waals surface area contributed by atoms with E-state index in [1.54, 1.807) is 18.2 Å². The van der Waals surface area contributed by atoms with Crippen LogP contribution in [0.5, 0.6) is 0 Å². The molecule has 0 fully saturated rings. The standard InChI is InChI=1S/C13H15BrN6O4S2/c14-8-2-1-3-9(6-8)17-12(18-22)11-13(20-24-19-11)25-5-4-16-10(21)7-26(15)23/h1-3,6,22H,4-5,7,15H2,(H,16,21)(H,17,18). The second-order valence-corrected chi connectivity index (χ2v) is 7.74. The van der Waals surface area contributed by atoms with Crippen molar-refractivity contribution >= 4 is 56.1 Å². The molecule has 5 N–H and O–H groups in total. The summed E-state index contributed by atoms with van der Waals surface area (Å²) in [7, 11) is -1.67. The molecule has 2 rings (SSSR count). The quantitative estimate of drug-likeness (QED) is 0.147. The third-order valence-electron chi connectivity index (χ3n) is 2.77. The normalized spacial score (nSPS) is 12.7. The number of thioether (sulfide) groups is 1. The fourth-order valence-electron chi connectivity index (χ4n) is 1.74. The highest BCUT2D eigenvalue weighted by atomic mass is 79.9. The number of aliphatic imine (C=N–C) groups is 1. The molecule has 0 aliphatic rings. The Hall–Kier alpha value is -1.80. The zero-order chi connectivity index (χ0) is 18.9. The van der Waals surface area contributed by atoms with Gasteiger partial charge in [0.05, 0.1) is 16.7 Å². The van der Waals surface area contributed by atoms with E-state index in [-0.39, 0.29) is 17.3 Å². The Balaban J connectivity index is 2.00. The minimum atomic E-state index is -1.67. The Bertz CT molecular complexity index is 815. The molecule has 26 heavy (non-hydrogen) atoms. The largest absolute Gasteiger partial charge is 0.354 e. The van der Waals surface area contributed by atoms with E-state index < -0.39 is 16.9 Å². The van der Waals surface area contributed by atoms with E-state index in [0.717, 1.165) is 4.47 Å². The van der Waals surface area contributed by atoms with Gasteiger partial charge >= 0.3 is 0 Å². The maximum Gasteiger partial charge on any atom is 0.234 e. The Morgan fingerprint density at radius 3 is 2.96 bits per heavy atom. The molecule has 1 aromatic carbocycles. The summed E-state index contributed by atoms with van der Waals surface area (Å²) in [4.78, 5) is 15.6. The van der Waals surface area contributed by atoms with Crippen LogP contribution in [0.2, 0.25) is 0 Å². The molecule has 2 aromatic rings. The van der Waals surface area contributed by atoms with Crippen molar-refractivity contribution in [2.24, 2.45) is 10.1 Å². The fraction of sp³-hybridized carbons (Fsp3) is 0.231. The lowest BCUT2D eigenvalue weighted by Crippen LogP contribution is -2.31. The van der Waals surface area contributed by atoms with Gasteiger partial charge in [-0.05, 0) is 28.5 Å². The third kappa shape index (κ3) is 6.49. The van der Waals surface area contributed by atoms with Crippen LogP contribution in [0.3, 0.4) is 0 Å².